The maximum absolute atomic E-state index is 13.6. The Balaban J connectivity index is 1.52. The summed E-state index contributed by atoms with van der Waals surface area (Å²) >= 11 is 0. The summed E-state index contributed by atoms with van der Waals surface area (Å²) in [5, 5.41) is 10.4. The molecule has 3 aromatic carbocycles. The van der Waals surface area contributed by atoms with Gasteiger partial charge in [0, 0.05) is 12.1 Å². The van der Waals surface area contributed by atoms with E-state index >= 15 is 0 Å². The van der Waals surface area contributed by atoms with Crippen LogP contribution in [0.1, 0.15) is 48.4 Å². The molecule has 4 rings (SSSR count). The van der Waals surface area contributed by atoms with Crippen molar-refractivity contribution < 1.29 is 13.9 Å². The van der Waals surface area contributed by atoms with E-state index in [9.17, 15) is 13.9 Å². The summed E-state index contributed by atoms with van der Waals surface area (Å²) in [6, 6.07) is 24.4. The lowest BCUT2D eigenvalue weighted by Crippen LogP contribution is -2.41. The first-order valence-electron chi connectivity index (χ1n) is 11.6. The highest BCUT2D eigenvalue weighted by Gasteiger charge is 2.37. The number of aliphatic hydroxyl groups is 1. The molecule has 1 N–H and O–H groups in total. The molecule has 3 aromatic rings. The van der Waals surface area contributed by atoms with Gasteiger partial charge in [-0.1, -0.05) is 54.6 Å². The van der Waals surface area contributed by atoms with Crippen LogP contribution < -0.4 is 0 Å². The lowest BCUT2D eigenvalue weighted by Gasteiger charge is -2.37. The van der Waals surface area contributed by atoms with Crippen LogP contribution in [0.4, 0.5) is 8.78 Å². The van der Waals surface area contributed by atoms with Crippen LogP contribution in [0.3, 0.4) is 0 Å². The predicted octanol–water partition coefficient (Wildman–Crippen LogP) is 6.10. The van der Waals surface area contributed by atoms with E-state index in [1.54, 1.807) is 24.3 Å². The molecule has 2 nitrogen and oxygen atoms in total. The highest BCUT2D eigenvalue weighted by atomic mass is 19.1. The van der Waals surface area contributed by atoms with Crippen molar-refractivity contribution in [3.8, 4) is 0 Å². The van der Waals surface area contributed by atoms with Gasteiger partial charge in [0.15, 0.2) is 0 Å². The molecule has 0 amide bonds. The van der Waals surface area contributed by atoms with Gasteiger partial charge in [-0.2, -0.15) is 0 Å². The van der Waals surface area contributed by atoms with Gasteiger partial charge in [-0.25, -0.2) is 8.78 Å². The lowest BCUT2D eigenvalue weighted by molar-refractivity contribution is 0.0707. The van der Waals surface area contributed by atoms with E-state index in [4.69, 9.17) is 0 Å². The van der Waals surface area contributed by atoms with Crippen LogP contribution in [0.5, 0.6) is 0 Å². The second-order valence-corrected chi connectivity index (χ2v) is 8.78. The fourth-order valence-corrected chi connectivity index (χ4v) is 5.18. The molecule has 0 spiro atoms. The normalized spacial score (nSPS) is 19.8. The second kappa shape index (κ2) is 10.8. The smallest absolute Gasteiger partial charge is 0.123 e. The van der Waals surface area contributed by atoms with Crippen LogP contribution in [-0.4, -0.2) is 28.7 Å². The van der Waals surface area contributed by atoms with Crippen LogP contribution in [0.15, 0.2) is 78.9 Å². The van der Waals surface area contributed by atoms with Crippen molar-refractivity contribution >= 4 is 0 Å². The van der Waals surface area contributed by atoms with Crippen molar-refractivity contribution in [2.45, 2.75) is 56.7 Å². The molecular formula is C28H31F2NO. The van der Waals surface area contributed by atoms with E-state index in [1.807, 2.05) is 30.3 Å². The van der Waals surface area contributed by atoms with Gasteiger partial charge in [-0.3, -0.25) is 4.90 Å². The first kappa shape index (κ1) is 22.6. The molecule has 1 saturated heterocycles. The van der Waals surface area contributed by atoms with Gasteiger partial charge in [0.1, 0.15) is 11.6 Å². The average Bonchev–Trinajstić information content (AvgIpc) is 3.20. The van der Waals surface area contributed by atoms with Gasteiger partial charge >= 0.3 is 0 Å². The van der Waals surface area contributed by atoms with Crippen molar-refractivity contribution in [2.75, 3.05) is 6.61 Å². The zero-order valence-corrected chi connectivity index (χ0v) is 18.3. The topological polar surface area (TPSA) is 23.5 Å². The number of hydrogen-bond acceptors (Lipinski definition) is 2. The van der Waals surface area contributed by atoms with Crippen molar-refractivity contribution in [3.63, 3.8) is 0 Å². The number of likely N-dealkylation sites (tertiary alicyclic amines) is 1. The molecule has 168 valence electrons. The van der Waals surface area contributed by atoms with Gasteiger partial charge in [0.05, 0.1) is 12.6 Å². The number of benzene rings is 3. The summed E-state index contributed by atoms with van der Waals surface area (Å²) in [5.41, 5.74) is 3.13. The molecule has 32 heavy (non-hydrogen) atoms. The standard InChI is InChI=1S/C28H31F2NO/c29-24-10-4-6-21(18-24)12-14-26-16-17-27(15-13-22-7-5-11-25(30)19-22)31(26)28(20-32)23-8-2-1-3-9-23/h1-11,18-19,26-28,32H,12-17,20H2/t26-,27+,28-/m0/s1. The molecule has 1 heterocycles. The average molecular weight is 436 g/mol. The Labute approximate surface area is 189 Å². The molecule has 3 atom stereocenters. The minimum Gasteiger partial charge on any atom is -0.394 e. The summed E-state index contributed by atoms with van der Waals surface area (Å²) in [6.45, 7) is 0.0525. The first-order valence-corrected chi connectivity index (χ1v) is 11.6. The third kappa shape index (κ3) is 5.62. The van der Waals surface area contributed by atoms with Gasteiger partial charge in [0.2, 0.25) is 0 Å². The van der Waals surface area contributed by atoms with Crippen molar-refractivity contribution in [1.29, 1.82) is 0 Å². The Hall–Kier alpha value is -2.56. The molecule has 0 radical (unpaired) electrons. The highest BCUT2D eigenvalue weighted by Crippen LogP contribution is 2.37. The summed E-state index contributed by atoms with van der Waals surface area (Å²) in [5.74, 6) is -0.396. The van der Waals surface area contributed by atoms with Gasteiger partial charge in [0.25, 0.3) is 0 Å². The van der Waals surface area contributed by atoms with E-state index in [-0.39, 0.29) is 24.3 Å². The summed E-state index contributed by atoms with van der Waals surface area (Å²) in [6.07, 6.45) is 5.55. The monoisotopic (exact) mass is 435 g/mol. The number of aryl methyl sites for hydroxylation is 2. The Morgan fingerprint density at radius 2 is 1.28 bits per heavy atom. The third-order valence-electron chi connectivity index (χ3n) is 6.70. The summed E-state index contributed by atoms with van der Waals surface area (Å²) in [4.78, 5) is 2.48. The second-order valence-electron chi connectivity index (χ2n) is 8.78. The zero-order valence-electron chi connectivity index (χ0n) is 18.3. The Bertz CT molecular complexity index is 936. The molecule has 0 bridgehead atoms. The van der Waals surface area contributed by atoms with Gasteiger partial charge in [-0.05, 0) is 79.5 Å². The van der Waals surface area contributed by atoms with Crippen LogP contribution in [0, 0.1) is 11.6 Å². The van der Waals surface area contributed by atoms with E-state index in [0.29, 0.717) is 12.1 Å². The molecule has 1 aliphatic heterocycles. The third-order valence-corrected chi connectivity index (χ3v) is 6.70. The zero-order chi connectivity index (χ0) is 22.3. The Kier molecular flexibility index (Phi) is 7.67. The van der Waals surface area contributed by atoms with E-state index in [1.165, 1.54) is 12.1 Å². The fourth-order valence-electron chi connectivity index (χ4n) is 5.18. The predicted molar refractivity (Wildman–Crippen MR) is 124 cm³/mol. The summed E-state index contributed by atoms with van der Waals surface area (Å²) < 4.78 is 27.3. The SMILES string of the molecule is OC[C@@H](c1ccccc1)N1[C@H](CCc2cccc(F)c2)CC[C@@H]1CCc1cccc(F)c1. The highest BCUT2D eigenvalue weighted by molar-refractivity contribution is 5.22. The molecule has 0 saturated carbocycles. The van der Waals surface area contributed by atoms with Crippen molar-refractivity contribution in [2.24, 2.45) is 0 Å². The molecule has 1 aliphatic rings. The van der Waals surface area contributed by atoms with Crippen LogP contribution >= 0.6 is 0 Å². The first-order chi connectivity index (χ1) is 15.6. The maximum atomic E-state index is 13.6. The van der Waals surface area contributed by atoms with E-state index < -0.39 is 0 Å². The van der Waals surface area contributed by atoms with Gasteiger partial charge in [-0.15, -0.1) is 0 Å². The minimum atomic E-state index is -0.198. The Morgan fingerprint density at radius 1 is 0.750 bits per heavy atom. The number of nitrogens with zero attached hydrogens (tertiary/aromatic N) is 1. The number of halogens is 2. The van der Waals surface area contributed by atoms with Gasteiger partial charge < -0.3 is 5.11 Å². The number of rotatable bonds is 9. The molecule has 0 aliphatic carbocycles. The number of aliphatic hydroxyl groups excluding tert-OH is 1. The van der Waals surface area contributed by atoms with Crippen LogP contribution in [0.2, 0.25) is 0 Å². The minimum absolute atomic E-state index is 0.0525. The largest absolute Gasteiger partial charge is 0.394 e. The van der Waals surface area contributed by atoms with Crippen molar-refractivity contribution in [3.05, 3.63) is 107 Å². The van der Waals surface area contributed by atoms with E-state index in [0.717, 1.165) is 55.2 Å². The maximum Gasteiger partial charge on any atom is 0.123 e. The number of hydrogen-bond donors (Lipinski definition) is 1. The molecule has 1 fully saturated rings. The Morgan fingerprint density at radius 3 is 1.75 bits per heavy atom. The summed E-state index contributed by atoms with van der Waals surface area (Å²) in [7, 11) is 0. The molecule has 0 aromatic heterocycles. The lowest BCUT2D eigenvalue weighted by atomic mass is 9.99. The van der Waals surface area contributed by atoms with Crippen LogP contribution in [-0.2, 0) is 12.8 Å². The van der Waals surface area contributed by atoms with Crippen LogP contribution in [0.25, 0.3) is 0 Å². The molecular weight excluding hydrogens is 404 g/mol. The van der Waals surface area contributed by atoms with Crippen molar-refractivity contribution in [1.82, 2.24) is 4.90 Å². The quantitative estimate of drug-likeness (QED) is 0.439. The molecule has 0 unspecified atom stereocenters. The fraction of sp³-hybridized carbons (Fsp3) is 0.357. The van der Waals surface area contributed by atoms with E-state index in [2.05, 4.69) is 17.0 Å². The molecule has 4 heteroatoms.